The standard InChI is InChI=1S/C11H21NO/c1-10(2)6-3-7-11(10,13)8-12-9-4-5-9/h9,12-13H,3-8H2,1-2H3. The van der Waals surface area contributed by atoms with E-state index in [4.69, 9.17) is 0 Å². The molecule has 1 atom stereocenters. The number of rotatable bonds is 3. The Kier molecular flexibility index (Phi) is 2.16. The maximum absolute atomic E-state index is 10.4. The lowest BCUT2D eigenvalue weighted by molar-refractivity contribution is -0.0410. The Labute approximate surface area is 80.7 Å². The van der Waals surface area contributed by atoms with E-state index < -0.39 is 5.60 Å². The smallest absolute Gasteiger partial charge is 0.0822 e. The van der Waals surface area contributed by atoms with E-state index in [-0.39, 0.29) is 5.41 Å². The highest BCUT2D eigenvalue weighted by Gasteiger charge is 2.47. The second kappa shape index (κ2) is 2.96. The Morgan fingerprint density at radius 1 is 1.31 bits per heavy atom. The molecular weight excluding hydrogens is 162 g/mol. The first kappa shape index (κ1) is 9.47. The summed E-state index contributed by atoms with van der Waals surface area (Å²) in [5, 5.41) is 13.9. The van der Waals surface area contributed by atoms with Crippen molar-refractivity contribution in [3.05, 3.63) is 0 Å². The lowest BCUT2D eigenvalue weighted by Gasteiger charge is -2.37. The molecule has 0 heterocycles. The van der Waals surface area contributed by atoms with E-state index >= 15 is 0 Å². The predicted molar refractivity (Wildman–Crippen MR) is 53.6 cm³/mol. The molecule has 13 heavy (non-hydrogen) atoms. The third kappa shape index (κ3) is 1.75. The van der Waals surface area contributed by atoms with Crippen LogP contribution in [-0.2, 0) is 0 Å². The van der Waals surface area contributed by atoms with Crippen molar-refractivity contribution in [2.45, 2.75) is 57.6 Å². The second-order valence-electron chi connectivity index (χ2n) is 5.42. The first-order chi connectivity index (χ1) is 6.04. The number of hydrogen-bond acceptors (Lipinski definition) is 2. The van der Waals surface area contributed by atoms with Crippen molar-refractivity contribution in [1.29, 1.82) is 0 Å². The molecule has 76 valence electrons. The van der Waals surface area contributed by atoms with E-state index in [1.807, 2.05) is 0 Å². The van der Waals surface area contributed by atoms with Crippen molar-refractivity contribution >= 4 is 0 Å². The third-order valence-electron chi connectivity index (χ3n) is 3.91. The van der Waals surface area contributed by atoms with Crippen LogP contribution >= 0.6 is 0 Å². The molecule has 0 aromatic heterocycles. The Hall–Kier alpha value is -0.0800. The zero-order valence-electron chi connectivity index (χ0n) is 8.77. The van der Waals surface area contributed by atoms with Crippen molar-refractivity contribution in [2.75, 3.05) is 6.54 Å². The molecule has 2 aliphatic carbocycles. The lowest BCUT2D eigenvalue weighted by atomic mass is 9.78. The van der Waals surface area contributed by atoms with Gasteiger partial charge in [0.1, 0.15) is 0 Å². The average molecular weight is 183 g/mol. The van der Waals surface area contributed by atoms with Gasteiger partial charge in [0.25, 0.3) is 0 Å². The summed E-state index contributed by atoms with van der Waals surface area (Å²) in [7, 11) is 0. The summed E-state index contributed by atoms with van der Waals surface area (Å²) in [6.07, 6.45) is 5.92. The first-order valence-corrected chi connectivity index (χ1v) is 5.49. The van der Waals surface area contributed by atoms with Crippen molar-refractivity contribution in [2.24, 2.45) is 5.41 Å². The molecule has 0 bridgehead atoms. The van der Waals surface area contributed by atoms with E-state index in [1.54, 1.807) is 0 Å². The van der Waals surface area contributed by atoms with Crippen LogP contribution in [0.25, 0.3) is 0 Å². The SMILES string of the molecule is CC1(C)CCCC1(O)CNC1CC1. The van der Waals surface area contributed by atoms with Crippen LogP contribution in [0.1, 0.15) is 46.0 Å². The molecule has 2 N–H and O–H groups in total. The predicted octanol–water partition coefficient (Wildman–Crippen LogP) is 1.68. The normalized spacial score (nSPS) is 38.1. The summed E-state index contributed by atoms with van der Waals surface area (Å²) >= 11 is 0. The Bertz CT molecular complexity index is 198. The van der Waals surface area contributed by atoms with Crippen molar-refractivity contribution < 1.29 is 5.11 Å². The van der Waals surface area contributed by atoms with Gasteiger partial charge in [-0.2, -0.15) is 0 Å². The molecule has 2 aliphatic rings. The van der Waals surface area contributed by atoms with Gasteiger partial charge in [-0.25, -0.2) is 0 Å². The minimum absolute atomic E-state index is 0.106. The zero-order chi connectivity index (χ0) is 9.53. The summed E-state index contributed by atoms with van der Waals surface area (Å²) in [5.41, 5.74) is -0.343. The zero-order valence-corrected chi connectivity index (χ0v) is 8.77. The van der Waals surface area contributed by atoms with Gasteiger partial charge < -0.3 is 10.4 Å². The Morgan fingerprint density at radius 2 is 2.00 bits per heavy atom. The molecule has 1 unspecified atom stereocenters. The highest BCUT2D eigenvalue weighted by molar-refractivity contribution is 5.01. The molecule has 0 aromatic carbocycles. The molecule has 0 aromatic rings. The number of hydrogen-bond donors (Lipinski definition) is 2. The van der Waals surface area contributed by atoms with E-state index in [0.29, 0.717) is 6.04 Å². The average Bonchev–Trinajstić information content (AvgIpc) is 2.79. The van der Waals surface area contributed by atoms with Crippen molar-refractivity contribution in [1.82, 2.24) is 5.32 Å². The molecule has 0 radical (unpaired) electrons. The van der Waals surface area contributed by atoms with Gasteiger partial charge in [-0.05, 0) is 37.5 Å². The topological polar surface area (TPSA) is 32.3 Å². The van der Waals surface area contributed by atoms with Crippen molar-refractivity contribution in [3.8, 4) is 0 Å². The monoisotopic (exact) mass is 183 g/mol. The lowest BCUT2D eigenvalue weighted by Crippen LogP contribution is -2.48. The molecule has 0 amide bonds. The fraction of sp³-hybridized carbons (Fsp3) is 1.00. The van der Waals surface area contributed by atoms with Crippen LogP contribution in [0, 0.1) is 5.41 Å². The van der Waals surface area contributed by atoms with E-state index in [2.05, 4.69) is 19.2 Å². The molecule has 2 heteroatoms. The summed E-state index contributed by atoms with van der Waals surface area (Å²) in [6.45, 7) is 5.17. The van der Waals surface area contributed by atoms with Gasteiger partial charge in [0.15, 0.2) is 0 Å². The minimum Gasteiger partial charge on any atom is -0.388 e. The summed E-state index contributed by atoms with van der Waals surface area (Å²) in [5.74, 6) is 0. The van der Waals surface area contributed by atoms with Crippen molar-refractivity contribution in [3.63, 3.8) is 0 Å². The van der Waals surface area contributed by atoms with Gasteiger partial charge in [0.2, 0.25) is 0 Å². The quantitative estimate of drug-likeness (QED) is 0.697. The van der Waals surface area contributed by atoms with Gasteiger partial charge in [0.05, 0.1) is 5.60 Å². The van der Waals surface area contributed by atoms with Crippen LogP contribution in [0.5, 0.6) is 0 Å². The molecule has 2 nitrogen and oxygen atoms in total. The van der Waals surface area contributed by atoms with Crippen LogP contribution in [0.4, 0.5) is 0 Å². The number of aliphatic hydroxyl groups is 1. The van der Waals surface area contributed by atoms with Gasteiger partial charge >= 0.3 is 0 Å². The summed E-state index contributed by atoms with van der Waals surface area (Å²) < 4.78 is 0. The molecule has 2 rings (SSSR count). The van der Waals surface area contributed by atoms with Gasteiger partial charge in [-0.15, -0.1) is 0 Å². The maximum Gasteiger partial charge on any atom is 0.0822 e. The highest BCUT2D eigenvalue weighted by atomic mass is 16.3. The molecule has 0 saturated heterocycles. The van der Waals surface area contributed by atoms with Gasteiger partial charge in [-0.3, -0.25) is 0 Å². The minimum atomic E-state index is -0.449. The van der Waals surface area contributed by atoms with Crippen LogP contribution in [0.2, 0.25) is 0 Å². The Morgan fingerprint density at radius 3 is 2.46 bits per heavy atom. The molecule has 2 saturated carbocycles. The molecule has 2 fully saturated rings. The third-order valence-corrected chi connectivity index (χ3v) is 3.91. The largest absolute Gasteiger partial charge is 0.388 e. The Balaban J connectivity index is 1.92. The van der Waals surface area contributed by atoms with Crippen LogP contribution in [0.15, 0.2) is 0 Å². The van der Waals surface area contributed by atoms with E-state index in [0.717, 1.165) is 19.4 Å². The van der Waals surface area contributed by atoms with E-state index in [1.165, 1.54) is 19.3 Å². The van der Waals surface area contributed by atoms with Crippen LogP contribution in [-0.4, -0.2) is 23.3 Å². The van der Waals surface area contributed by atoms with Crippen LogP contribution in [0.3, 0.4) is 0 Å². The fourth-order valence-electron chi connectivity index (χ4n) is 2.32. The van der Waals surface area contributed by atoms with E-state index in [9.17, 15) is 5.11 Å². The van der Waals surface area contributed by atoms with Gasteiger partial charge in [-0.1, -0.05) is 13.8 Å². The summed E-state index contributed by atoms with van der Waals surface area (Å²) in [6, 6.07) is 0.709. The molecule has 0 aliphatic heterocycles. The van der Waals surface area contributed by atoms with Crippen LogP contribution < -0.4 is 5.32 Å². The first-order valence-electron chi connectivity index (χ1n) is 5.49. The fourth-order valence-corrected chi connectivity index (χ4v) is 2.32. The number of nitrogens with one attached hydrogen (secondary N) is 1. The maximum atomic E-state index is 10.4. The summed E-state index contributed by atoms with van der Waals surface area (Å²) in [4.78, 5) is 0. The molecular formula is C11H21NO. The highest BCUT2D eigenvalue weighted by Crippen LogP contribution is 2.45. The second-order valence-corrected chi connectivity index (χ2v) is 5.42. The van der Waals surface area contributed by atoms with Gasteiger partial charge in [0, 0.05) is 12.6 Å². The molecule has 0 spiro atoms.